The van der Waals surface area contributed by atoms with Crippen molar-refractivity contribution in [1.82, 2.24) is 4.98 Å². The van der Waals surface area contributed by atoms with Gasteiger partial charge >= 0.3 is 12.6 Å². The highest BCUT2D eigenvalue weighted by Gasteiger charge is 2.17. The quantitative estimate of drug-likeness (QED) is 0.514. The summed E-state index contributed by atoms with van der Waals surface area (Å²) < 4.78 is 35.4. The second-order valence-corrected chi connectivity index (χ2v) is 6.82. The predicted octanol–water partition coefficient (Wildman–Crippen LogP) is 5.18. The van der Waals surface area contributed by atoms with Gasteiger partial charge in [0, 0.05) is 28.5 Å². The molecule has 0 fully saturated rings. The molecule has 0 aliphatic heterocycles. The first-order chi connectivity index (χ1) is 14.0. The van der Waals surface area contributed by atoms with E-state index in [4.69, 9.17) is 9.84 Å². The molecule has 0 aliphatic rings. The molecule has 0 saturated heterocycles. The minimum Gasteiger partial charge on any atom is -0.490 e. The van der Waals surface area contributed by atoms with E-state index in [0.29, 0.717) is 12.2 Å². The zero-order valence-corrected chi connectivity index (χ0v) is 16.2. The highest BCUT2D eigenvalue weighted by Crippen LogP contribution is 2.37. The Morgan fingerprint density at radius 3 is 2.48 bits per heavy atom. The van der Waals surface area contributed by atoms with Gasteiger partial charge in [0.2, 0.25) is 0 Å². The molecule has 2 aromatic carbocycles. The maximum atomic E-state index is 12.7. The molecule has 0 radical (unpaired) electrons. The summed E-state index contributed by atoms with van der Waals surface area (Å²) in [6.07, 6.45) is 1.74. The molecule has 3 aromatic rings. The number of alkyl halides is 2. The molecule has 0 spiro atoms. The Morgan fingerprint density at radius 1 is 1.17 bits per heavy atom. The van der Waals surface area contributed by atoms with E-state index >= 15 is 0 Å². The van der Waals surface area contributed by atoms with Gasteiger partial charge in [0.05, 0.1) is 24.2 Å². The fourth-order valence-electron chi connectivity index (χ4n) is 2.72. The van der Waals surface area contributed by atoms with Gasteiger partial charge in [0.1, 0.15) is 0 Å². The summed E-state index contributed by atoms with van der Waals surface area (Å²) in [5, 5.41) is 9.12. The lowest BCUT2D eigenvalue weighted by Crippen LogP contribution is -2.16. The highest BCUT2D eigenvalue weighted by atomic mass is 32.1. The molecule has 0 atom stereocenters. The van der Waals surface area contributed by atoms with Crippen molar-refractivity contribution in [3.63, 3.8) is 0 Å². The molecule has 1 N–H and O–H groups in total. The van der Waals surface area contributed by atoms with Crippen molar-refractivity contribution in [3.8, 4) is 11.5 Å². The number of anilines is 2. The second kappa shape index (κ2) is 9.33. The SMILES string of the molecule is CCOc1cc(N(Cc2cncs2)c2ccc(C(=O)O)cc2)ccc1OC(F)F. The van der Waals surface area contributed by atoms with Crippen LogP contribution in [0.3, 0.4) is 0 Å². The van der Waals surface area contributed by atoms with Crippen LogP contribution in [0.5, 0.6) is 11.5 Å². The van der Waals surface area contributed by atoms with Crippen LogP contribution in [0, 0.1) is 0 Å². The van der Waals surface area contributed by atoms with Crippen LogP contribution in [-0.4, -0.2) is 29.3 Å². The first-order valence-electron chi connectivity index (χ1n) is 8.68. The minimum absolute atomic E-state index is 0.0513. The van der Waals surface area contributed by atoms with E-state index in [9.17, 15) is 13.6 Å². The lowest BCUT2D eigenvalue weighted by atomic mass is 10.1. The van der Waals surface area contributed by atoms with E-state index in [0.717, 1.165) is 10.6 Å². The van der Waals surface area contributed by atoms with Crippen LogP contribution in [0.2, 0.25) is 0 Å². The number of aromatic nitrogens is 1. The molecule has 0 unspecified atom stereocenters. The average Bonchev–Trinajstić information content (AvgIpc) is 3.21. The first kappa shape index (κ1) is 20.5. The molecule has 0 bridgehead atoms. The van der Waals surface area contributed by atoms with Gasteiger partial charge in [0.25, 0.3) is 0 Å². The van der Waals surface area contributed by atoms with E-state index in [-0.39, 0.29) is 23.7 Å². The molecular weight excluding hydrogens is 402 g/mol. The topological polar surface area (TPSA) is 71.9 Å². The summed E-state index contributed by atoms with van der Waals surface area (Å²) >= 11 is 1.47. The Morgan fingerprint density at radius 2 is 1.90 bits per heavy atom. The van der Waals surface area contributed by atoms with Crippen molar-refractivity contribution in [2.24, 2.45) is 0 Å². The van der Waals surface area contributed by atoms with E-state index in [1.807, 2.05) is 4.90 Å². The fraction of sp³-hybridized carbons (Fsp3) is 0.200. The number of carbonyl (C=O) groups is 1. The third-order valence-electron chi connectivity index (χ3n) is 3.98. The minimum atomic E-state index is -2.96. The number of ether oxygens (including phenoxy) is 2. The maximum absolute atomic E-state index is 12.7. The first-order valence-corrected chi connectivity index (χ1v) is 9.55. The van der Waals surface area contributed by atoms with Crippen molar-refractivity contribution in [3.05, 3.63) is 64.6 Å². The number of hydrogen-bond acceptors (Lipinski definition) is 6. The Labute approximate surface area is 170 Å². The summed E-state index contributed by atoms with van der Waals surface area (Å²) in [6.45, 7) is -0.474. The van der Waals surface area contributed by atoms with E-state index in [2.05, 4.69) is 9.72 Å². The molecule has 1 heterocycles. The van der Waals surface area contributed by atoms with Gasteiger partial charge in [-0.1, -0.05) is 0 Å². The van der Waals surface area contributed by atoms with Gasteiger partial charge in [-0.3, -0.25) is 4.98 Å². The summed E-state index contributed by atoms with van der Waals surface area (Å²) in [4.78, 5) is 18.1. The number of benzene rings is 2. The van der Waals surface area contributed by atoms with Crippen molar-refractivity contribution in [1.29, 1.82) is 0 Å². The van der Waals surface area contributed by atoms with Gasteiger partial charge in [0.15, 0.2) is 11.5 Å². The number of nitrogens with zero attached hydrogens (tertiary/aromatic N) is 2. The Hall–Kier alpha value is -3.20. The summed E-state index contributed by atoms with van der Waals surface area (Å²) in [5.41, 5.74) is 3.29. The van der Waals surface area contributed by atoms with Crippen LogP contribution >= 0.6 is 11.3 Å². The number of aromatic carboxylic acids is 1. The monoisotopic (exact) mass is 420 g/mol. The lowest BCUT2D eigenvalue weighted by molar-refractivity contribution is -0.0514. The standard InChI is InChI=1S/C20H18F2N2O4S/c1-2-27-18-9-15(7-8-17(18)28-20(21)22)24(11-16-10-23-12-29-16)14-5-3-13(4-6-14)19(25)26/h3-10,12,20H,2,11H2,1H3,(H,25,26). The number of carboxylic acid groups (broad SMARTS) is 1. The third-order valence-corrected chi connectivity index (χ3v) is 4.74. The van der Waals surface area contributed by atoms with Crippen molar-refractivity contribution < 1.29 is 28.2 Å². The Bertz CT molecular complexity index is 950. The fourth-order valence-corrected chi connectivity index (χ4v) is 3.30. The van der Waals surface area contributed by atoms with Gasteiger partial charge in [-0.15, -0.1) is 11.3 Å². The third kappa shape index (κ3) is 5.20. The van der Waals surface area contributed by atoms with Gasteiger partial charge < -0.3 is 19.5 Å². The molecule has 152 valence electrons. The van der Waals surface area contributed by atoms with Crippen LogP contribution < -0.4 is 14.4 Å². The number of halogens is 2. The van der Waals surface area contributed by atoms with Gasteiger partial charge in [-0.25, -0.2) is 4.79 Å². The van der Waals surface area contributed by atoms with Crippen molar-refractivity contribution >= 4 is 28.7 Å². The number of hydrogen-bond donors (Lipinski definition) is 1. The molecule has 0 amide bonds. The normalized spacial score (nSPS) is 10.8. The van der Waals surface area contributed by atoms with E-state index in [1.165, 1.54) is 29.5 Å². The zero-order chi connectivity index (χ0) is 20.8. The number of thiazole rings is 1. The Balaban J connectivity index is 2.00. The largest absolute Gasteiger partial charge is 0.490 e. The molecule has 29 heavy (non-hydrogen) atoms. The van der Waals surface area contributed by atoms with Gasteiger partial charge in [-0.2, -0.15) is 8.78 Å². The molecule has 1 aromatic heterocycles. The maximum Gasteiger partial charge on any atom is 0.387 e. The molecule has 9 heteroatoms. The van der Waals surface area contributed by atoms with Crippen LogP contribution in [0.15, 0.2) is 54.2 Å². The zero-order valence-electron chi connectivity index (χ0n) is 15.4. The lowest BCUT2D eigenvalue weighted by Gasteiger charge is -2.25. The average molecular weight is 420 g/mol. The van der Waals surface area contributed by atoms with E-state index in [1.54, 1.807) is 42.9 Å². The van der Waals surface area contributed by atoms with Crippen LogP contribution in [0.25, 0.3) is 0 Å². The summed E-state index contributed by atoms with van der Waals surface area (Å²) in [6, 6.07) is 11.1. The smallest absolute Gasteiger partial charge is 0.387 e. The van der Waals surface area contributed by atoms with E-state index < -0.39 is 12.6 Å². The van der Waals surface area contributed by atoms with Crippen molar-refractivity contribution in [2.75, 3.05) is 11.5 Å². The molecule has 3 rings (SSSR count). The van der Waals surface area contributed by atoms with Crippen LogP contribution in [0.4, 0.5) is 20.2 Å². The second-order valence-electron chi connectivity index (χ2n) is 5.85. The highest BCUT2D eigenvalue weighted by molar-refractivity contribution is 7.09. The van der Waals surface area contributed by atoms with Gasteiger partial charge in [-0.05, 0) is 43.3 Å². The summed E-state index contributed by atoms with van der Waals surface area (Å²) in [5.74, 6) is -0.871. The summed E-state index contributed by atoms with van der Waals surface area (Å²) in [7, 11) is 0. The Kier molecular flexibility index (Phi) is 6.61. The van der Waals surface area contributed by atoms with Crippen LogP contribution in [-0.2, 0) is 6.54 Å². The van der Waals surface area contributed by atoms with Crippen molar-refractivity contribution in [2.45, 2.75) is 20.1 Å². The molecular formula is C20H18F2N2O4S. The molecule has 0 saturated carbocycles. The number of rotatable bonds is 9. The van der Waals surface area contributed by atoms with Crippen LogP contribution in [0.1, 0.15) is 22.2 Å². The molecule has 6 nitrogen and oxygen atoms in total. The predicted molar refractivity (Wildman–Crippen MR) is 106 cm³/mol. The molecule has 0 aliphatic carbocycles. The number of carboxylic acids is 1.